The summed E-state index contributed by atoms with van der Waals surface area (Å²) in [5.41, 5.74) is 1.49. The topological polar surface area (TPSA) is 106 Å². The molecule has 0 unspecified atom stereocenters. The van der Waals surface area contributed by atoms with Crippen molar-refractivity contribution in [3.05, 3.63) is 72.8 Å². The summed E-state index contributed by atoms with van der Waals surface area (Å²) < 4.78 is 38.3. The van der Waals surface area contributed by atoms with Crippen molar-refractivity contribution in [2.24, 2.45) is 0 Å². The smallest absolute Gasteiger partial charge is 0.323 e. The number of anilines is 3. The number of sulfonamides is 1. The number of ether oxygens (including phenoxy) is 2. The zero-order chi connectivity index (χ0) is 21.6. The summed E-state index contributed by atoms with van der Waals surface area (Å²) in [6.45, 7) is 0. The lowest BCUT2D eigenvalue weighted by molar-refractivity contribution is 0.262. The Labute approximate surface area is 174 Å². The minimum absolute atomic E-state index is 0.0474. The summed E-state index contributed by atoms with van der Waals surface area (Å²) in [6, 6.07) is 19.4. The number of benzene rings is 3. The van der Waals surface area contributed by atoms with Crippen LogP contribution in [-0.4, -0.2) is 28.7 Å². The molecular formula is C21H21N3O5S. The molecule has 3 aromatic rings. The molecule has 3 N–H and O–H groups in total. The van der Waals surface area contributed by atoms with Crippen molar-refractivity contribution in [1.82, 2.24) is 0 Å². The largest absolute Gasteiger partial charge is 0.497 e. The van der Waals surface area contributed by atoms with E-state index in [0.29, 0.717) is 22.8 Å². The van der Waals surface area contributed by atoms with Crippen LogP contribution in [0.15, 0.2) is 77.7 Å². The lowest BCUT2D eigenvalue weighted by Crippen LogP contribution is -2.19. The van der Waals surface area contributed by atoms with E-state index in [2.05, 4.69) is 15.4 Å². The van der Waals surface area contributed by atoms with Gasteiger partial charge in [0.15, 0.2) is 0 Å². The van der Waals surface area contributed by atoms with E-state index in [4.69, 9.17) is 9.47 Å². The number of methoxy groups -OCH3 is 2. The van der Waals surface area contributed by atoms with Crippen LogP contribution in [0.5, 0.6) is 11.5 Å². The second-order valence-corrected chi connectivity index (χ2v) is 7.80. The first-order valence-electron chi connectivity index (χ1n) is 8.89. The number of para-hydroxylation sites is 1. The Morgan fingerprint density at radius 2 is 1.37 bits per heavy atom. The maximum Gasteiger partial charge on any atom is 0.323 e. The highest BCUT2D eigenvalue weighted by Gasteiger charge is 2.20. The number of hydrogen-bond acceptors (Lipinski definition) is 5. The van der Waals surface area contributed by atoms with Gasteiger partial charge in [0, 0.05) is 23.1 Å². The van der Waals surface area contributed by atoms with Crippen LogP contribution in [0.3, 0.4) is 0 Å². The van der Waals surface area contributed by atoms with Crippen LogP contribution >= 0.6 is 0 Å². The highest BCUT2D eigenvalue weighted by atomic mass is 32.2. The zero-order valence-corrected chi connectivity index (χ0v) is 17.2. The zero-order valence-electron chi connectivity index (χ0n) is 16.4. The Morgan fingerprint density at radius 3 is 1.97 bits per heavy atom. The van der Waals surface area contributed by atoms with Gasteiger partial charge in [-0.25, -0.2) is 13.2 Å². The molecule has 0 saturated heterocycles. The fourth-order valence-corrected chi connectivity index (χ4v) is 3.88. The SMILES string of the molecule is COc1ccc(OC)c(S(=O)(=O)Nc2ccc(NC(=O)Nc3ccccc3)cc2)c1. The predicted molar refractivity (Wildman–Crippen MR) is 116 cm³/mol. The van der Waals surface area contributed by atoms with Gasteiger partial charge in [-0.3, -0.25) is 4.72 Å². The van der Waals surface area contributed by atoms with E-state index in [1.807, 2.05) is 18.2 Å². The van der Waals surface area contributed by atoms with E-state index in [9.17, 15) is 13.2 Å². The van der Waals surface area contributed by atoms with Crippen LogP contribution in [0.2, 0.25) is 0 Å². The number of carbonyl (C=O) groups excluding carboxylic acids is 1. The van der Waals surface area contributed by atoms with Crippen molar-refractivity contribution in [1.29, 1.82) is 0 Å². The van der Waals surface area contributed by atoms with Gasteiger partial charge in [-0.2, -0.15) is 0 Å². The third kappa shape index (κ3) is 5.21. The second kappa shape index (κ2) is 9.19. The quantitative estimate of drug-likeness (QED) is 0.525. The highest BCUT2D eigenvalue weighted by Crippen LogP contribution is 2.30. The molecule has 9 heteroatoms. The number of carbonyl (C=O) groups is 1. The van der Waals surface area contributed by atoms with Crippen LogP contribution in [0.4, 0.5) is 21.9 Å². The van der Waals surface area contributed by atoms with Crippen molar-refractivity contribution in [2.45, 2.75) is 4.90 Å². The van der Waals surface area contributed by atoms with Crippen molar-refractivity contribution >= 4 is 33.1 Å². The number of hydrogen-bond donors (Lipinski definition) is 3. The molecule has 0 atom stereocenters. The average Bonchev–Trinajstić information content (AvgIpc) is 2.75. The Morgan fingerprint density at radius 1 is 0.767 bits per heavy atom. The van der Waals surface area contributed by atoms with Gasteiger partial charge in [0.05, 0.1) is 14.2 Å². The molecule has 156 valence electrons. The third-order valence-corrected chi connectivity index (χ3v) is 5.49. The van der Waals surface area contributed by atoms with E-state index in [1.54, 1.807) is 42.5 Å². The predicted octanol–water partition coefficient (Wildman–Crippen LogP) is 4.15. The molecule has 0 aromatic heterocycles. The molecule has 0 radical (unpaired) electrons. The lowest BCUT2D eigenvalue weighted by atomic mass is 10.3. The lowest BCUT2D eigenvalue weighted by Gasteiger charge is -2.13. The number of amides is 2. The van der Waals surface area contributed by atoms with E-state index < -0.39 is 16.1 Å². The molecule has 2 amide bonds. The molecule has 0 aliphatic carbocycles. The van der Waals surface area contributed by atoms with Crippen molar-refractivity contribution in [3.63, 3.8) is 0 Å². The molecular weight excluding hydrogens is 406 g/mol. The molecule has 0 spiro atoms. The van der Waals surface area contributed by atoms with Gasteiger partial charge < -0.3 is 20.1 Å². The Balaban J connectivity index is 1.70. The molecule has 8 nitrogen and oxygen atoms in total. The monoisotopic (exact) mass is 427 g/mol. The first-order valence-corrected chi connectivity index (χ1v) is 10.4. The molecule has 0 fully saturated rings. The van der Waals surface area contributed by atoms with Crippen LogP contribution < -0.4 is 24.8 Å². The summed E-state index contributed by atoms with van der Waals surface area (Å²) >= 11 is 0. The van der Waals surface area contributed by atoms with Gasteiger partial charge in [0.2, 0.25) is 0 Å². The summed E-state index contributed by atoms with van der Waals surface area (Å²) in [6.07, 6.45) is 0. The molecule has 3 aromatic carbocycles. The van der Waals surface area contributed by atoms with Gasteiger partial charge >= 0.3 is 6.03 Å². The first kappa shape index (κ1) is 21.0. The number of rotatable bonds is 7. The maximum atomic E-state index is 12.8. The van der Waals surface area contributed by atoms with Crippen LogP contribution in [-0.2, 0) is 10.0 Å². The minimum Gasteiger partial charge on any atom is -0.497 e. The average molecular weight is 427 g/mol. The van der Waals surface area contributed by atoms with Crippen LogP contribution in [0.25, 0.3) is 0 Å². The van der Waals surface area contributed by atoms with E-state index in [1.165, 1.54) is 26.4 Å². The second-order valence-electron chi connectivity index (χ2n) is 6.14. The third-order valence-electron chi connectivity index (χ3n) is 4.09. The van der Waals surface area contributed by atoms with Gasteiger partial charge in [0.1, 0.15) is 16.4 Å². The van der Waals surface area contributed by atoms with Gasteiger partial charge in [-0.1, -0.05) is 18.2 Å². The summed E-state index contributed by atoms with van der Waals surface area (Å²) in [5.74, 6) is 0.583. The number of urea groups is 1. The molecule has 0 heterocycles. The fourth-order valence-electron chi connectivity index (χ4n) is 2.64. The van der Waals surface area contributed by atoms with Crippen LogP contribution in [0.1, 0.15) is 0 Å². The van der Waals surface area contributed by atoms with Crippen molar-refractivity contribution in [2.75, 3.05) is 29.6 Å². The Bertz CT molecular complexity index is 1120. The standard InChI is InChI=1S/C21H21N3O5S/c1-28-18-12-13-19(29-2)20(14-18)30(26,27)24-17-10-8-16(9-11-17)23-21(25)22-15-6-4-3-5-7-15/h3-14,24H,1-2H3,(H2,22,23,25). The molecule has 0 aliphatic heterocycles. The van der Waals surface area contributed by atoms with Gasteiger partial charge in [0.25, 0.3) is 10.0 Å². The molecule has 0 aliphatic rings. The normalized spacial score (nSPS) is 10.7. The van der Waals surface area contributed by atoms with Gasteiger partial charge in [-0.15, -0.1) is 0 Å². The molecule has 0 bridgehead atoms. The van der Waals surface area contributed by atoms with Gasteiger partial charge in [-0.05, 0) is 48.5 Å². The molecule has 0 saturated carbocycles. The van der Waals surface area contributed by atoms with E-state index in [-0.39, 0.29) is 10.6 Å². The fraction of sp³-hybridized carbons (Fsp3) is 0.0952. The molecule has 3 rings (SSSR count). The number of nitrogens with one attached hydrogen (secondary N) is 3. The molecule has 30 heavy (non-hydrogen) atoms. The maximum absolute atomic E-state index is 12.8. The summed E-state index contributed by atoms with van der Waals surface area (Å²) in [5, 5.41) is 5.38. The van der Waals surface area contributed by atoms with E-state index >= 15 is 0 Å². The van der Waals surface area contributed by atoms with Crippen molar-refractivity contribution in [3.8, 4) is 11.5 Å². The highest BCUT2D eigenvalue weighted by molar-refractivity contribution is 7.92. The van der Waals surface area contributed by atoms with Crippen molar-refractivity contribution < 1.29 is 22.7 Å². The Hall–Kier alpha value is -3.72. The summed E-state index contributed by atoms with van der Waals surface area (Å²) in [4.78, 5) is 12.0. The summed E-state index contributed by atoms with van der Waals surface area (Å²) in [7, 11) is -1.08. The first-order chi connectivity index (χ1) is 14.4. The van der Waals surface area contributed by atoms with Crippen LogP contribution in [0, 0.1) is 0 Å². The Kier molecular flexibility index (Phi) is 6.43. The minimum atomic E-state index is -3.92. The van der Waals surface area contributed by atoms with E-state index in [0.717, 1.165) is 0 Å².